The first-order chi connectivity index (χ1) is 12.2. The molecule has 0 spiro atoms. The number of aliphatic hydroxyl groups excluding tert-OH is 1. The highest BCUT2D eigenvalue weighted by Crippen LogP contribution is 2.36. The van der Waals surface area contributed by atoms with Gasteiger partial charge < -0.3 is 10.4 Å². The van der Waals surface area contributed by atoms with Gasteiger partial charge in [-0.25, -0.2) is 0 Å². The number of nitrogens with one attached hydrogen (secondary N) is 1. The summed E-state index contributed by atoms with van der Waals surface area (Å²) in [6, 6.07) is 16.9. The van der Waals surface area contributed by atoms with Crippen LogP contribution in [0, 0.1) is 0 Å². The summed E-state index contributed by atoms with van der Waals surface area (Å²) in [7, 11) is 1.64. The molecule has 0 bridgehead atoms. The number of amides is 1. The lowest BCUT2D eigenvalue weighted by molar-refractivity contribution is 0.0963. The third kappa shape index (κ3) is 4.09. The highest BCUT2D eigenvalue weighted by molar-refractivity contribution is 5.93. The number of aryl methyl sites for hydroxylation is 1. The Morgan fingerprint density at radius 2 is 1.96 bits per heavy atom. The van der Waals surface area contributed by atoms with Crippen molar-refractivity contribution in [2.75, 3.05) is 20.2 Å². The molecule has 2 aromatic carbocycles. The van der Waals surface area contributed by atoms with Crippen molar-refractivity contribution in [3.8, 4) is 0 Å². The summed E-state index contributed by atoms with van der Waals surface area (Å²) in [4.78, 5) is 14.1. The number of nitrogens with zero attached hydrogens (tertiary/aromatic N) is 1. The molecule has 3 rings (SSSR count). The van der Waals surface area contributed by atoms with Crippen LogP contribution >= 0.6 is 0 Å². The van der Waals surface area contributed by atoms with Crippen molar-refractivity contribution >= 4 is 5.91 Å². The fourth-order valence-electron chi connectivity index (χ4n) is 3.67. The molecule has 1 atom stereocenters. The van der Waals surface area contributed by atoms with Gasteiger partial charge in [0.2, 0.25) is 0 Å². The van der Waals surface area contributed by atoms with Crippen LogP contribution in [0.2, 0.25) is 0 Å². The molecule has 0 saturated carbocycles. The molecule has 1 aliphatic rings. The molecule has 2 N–H and O–H groups in total. The lowest BCUT2D eigenvalue weighted by atomic mass is 10.0. The predicted octanol–water partition coefficient (Wildman–Crippen LogP) is 2.92. The number of aliphatic hydroxyl groups is 1. The molecule has 0 heterocycles. The minimum atomic E-state index is -0.0617. The molecule has 2 aromatic rings. The lowest BCUT2D eigenvalue weighted by Gasteiger charge is -2.29. The first kappa shape index (κ1) is 17.6. The van der Waals surface area contributed by atoms with Gasteiger partial charge in [-0.3, -0.25) is 9.69 Å². The van der Waals surface area contributed by atoms with E-state index in [0.29, 0.717) is 11.6 Å². The van der Waals surface area contributed by atoms with Crippen LogP contribution in [0.25, 0.3) is 0 Å². The van der Waals surface area contributed by atoms with Crippen LogP contribution in [-0.4, -0.2) is 36.1 Å². The molecule has 1 unspecified atom stereocenters. The maximum absolute atomic E-state index is 11.7. The summed E-state index contributed by atoms with van der Waals surface area (Å²) >= 11 is 0. The molecule has 0 aromatic heterocycles. The molecule has 25 heavy (non-hydrogen) atoms. The molecule has 132 valence electrons. The van der Waals surface area contributed by atoms with Crippen LogP contribution in [0.5, 0.6) is 0 Å². The van der Waals surface area contributed by atoms with Gasteiger partial charge in [-0.2, -0.15) is 0 Å². The van der Waals surface area contributed by atoms with Crippen LogP contribution in [0.3, 0.4) is 0 Å². The summed E-state index contributed by atoms with van der Waals surface area (Å²) in [6.45, 7) is 1.90. The molecule has 4 nitrogen and oxygen atoms in total. The molecule has 0 saturated heterocycles. The van der Waals surface area contributed by atoms with Crippen LogP contribution in [-0.2, 0) is 13.0 Å². The molecule has 1 amide bonds. The zero-order valence-electron chi connectivity index (χ0n) is 14.7. The number of rotatable bonds is 7. The second-order valence-electron chi connectivity index (χ2n) is 6.58. The number of benzene rings is 2. The van der Waals surface area contributed by atoms with E-state index >= 15 is 0 Å². The zero-order chi connectivity index (χ0) is 17.6. The molecule has 0 aliphatic heterocycles. The molecule has 0 fully saturated rings. The van der Waals surface area contributed by atoms with E-state index in [4.69, 9.17) is 0 Å². The summed E-state index contributed by atoms with van der Waals surface area (Å²) in [5.41, 5.74) is 4.73. The fourth-order valence-corrected chi connectivity index (χ4v) is 3.67. The molecule has 0 radical (unpaired) electrons. The van der Waals surface area contributed by atoms with Crippen molar-refractivity contribution in [3.05, 3.63) is 70.8 Å². The number of carbonyl (C=O) groups is 1. The molecular formula is C21H26N2O2. The summed E-state index contributed by atoms with van der Waals surface area (Å²) in [5.74, 6) is -0.0617. The molecular weight excluding hydrogens is 312 g/mol. The predicted molar refractivity (Wildman–Crippen MR) is 99.4 cm³/mol. The Labute approximate surface area is 149 Å². The third-order valence-corrected chi connectivity index (χ3v) is 4.97. The smallest absolute Gasteiger partial charge is 0.251 e. The summed E-state index contributed by atoms with van der Waals surface area (Å²) in [6.07, 6.45) is 3.02. The van der Waals surface area contributed by atoms with Crippen molar-refractivity contribution in [1.29, 1.82) is 0 Å². The minimum absolute atomic E-state index is 0.0617. The van der Waals surface area contributed by atoms with E-state index < -0.39 is 0 Å². The number of hydrogen-bond acceptors (Lipinski definition) is 3. The maximum atomic E-state index is 11.7. The first-order valence-corrected chi connectivity index (χ1v) is 8.96. The maximum Gasteiger partial charge on any atom is 0.251 e. The van der Waals surface area contributed by atoms with Gasteiger partial charge in [-0.05, 0) is 48.1 Å². The Morgan fingerprint density at radius 1 is 1.20 bits per heavy atom. The van der Waals surface area contributed by atoms with Crippen molar-refractivity contribution < 1.29 is 9.90 Å². The van der Waals surface area contributed by atoms with Crippen molar-refractivity contribution in [2.45, 2.75) is 31.8 Å². The van der Waals surface area contributed by atoms with Crippen LogP contribution < -0.4 is 5.32 Å². The normalized spacial score (nSPS) is 16.0. The topological polar surface area (TPSA) is 52.6 Å². The lowest BCUT2D eigenvalue weighted by Crippen LogP contribution is -2.29. The van der Waals surface area contributed by atoms with E-state index in [-0.39, 0.29) is 12.5 Å². The third-order valence-electron chi connectivity index (χ3n) is 4.97. The highest BCUT2D eigenvalue weighted by atomic mass is 16.3. The van der Waals surface area contributed by atoms with Crippen LogP contribution in [0.15, 0.2) is 48.5 Å². The van der Waals surface area contributed by atoms with E-state index in [0.717, 1.165) is 32.4 Å². The van der Waals surface area contributed by atoms with E-state index in [9.17, 15) is 9.90 Å². The average Bonchev–Trinajstić information content (AvgIpc) is 3.09. The van der Waals surface area contributed by atoms with Gasteiger partial charge in [0, 0.05) is 38.3 Å². The van der Waals surface area contributed by atoms with Gasteiger partial charge in [0.1, 0.15) is 0 Å². The first-order valence-electron chi connectivity index (χ1n) is 8.96. The van der Waals surface area contributed by atoms with Gasteiger partial charge in [0.25, 0.3) is 5.91 Å². The van der Waals surface area contributed by atoms with E-state index in [1.54, 1.807) is 7.05 Å². The largest absolute Gasteiger partial charge is 0.396 e. The number of fused-ring (bicyclic) bond motifs is 1. The van der Waals surface area contributed by atoms with Gasteiger partial charge in [-0.15, -0.1) is 0 Å². The van der Waals surface area contributed by atoms with Gasteiger partial charge >= 0.3 is 0 Å². The van der Waals surface area contributed by atoms with E-state index in [1.165, 1.54) is 16.7 Å². The van der Waals surface area contributed by atoms with Gasteiger partial charge in [-0.1, -0.05) is 36.4 Å². The number of hydrogen-bond donors (Lipinski definition) is 2. The van der Waals surface area contributed by atoms with Gasteiger partial charge in [0.05, 0.1) is 0 Å². The monoisotopic (exact) mass is 338 g/mol. The second kappa shape index (κ2) is 8.28. The molecule has 1 aliphatic carbocycles. The summed E-state index contributed by atoms with van der Waals surface area (Å²) < 4.78 is 0. The minimum Gasteiger partial charge on any atom is -0.396 e. The average molecular weight is 338 g/mol. The standard InChI is InChI=1S/C21H26N2O2/c1-22-21(25)18-9-7-16(8-10-18)15-23(13-4-14-24)20-12-11-17-5-2-3-6-19(17)20/h2-3,5-10,20,24H,4,11-15H2,1H3,(H,22,25). The second-order valence-corrected chi connectivity index (χ2v) is 6.58. The Balaban J connectivity index is 1.76. The van der Waals surface area contributed by atoms with E-state index in [2.05, 4.69) is 34.5 Å². The number of carbonyl (C=O) groups excluding carboxylic acids is 1. The fraction of sp³-hybridized carbons (Fsp3) is 0.381. The van der Waals surface area contributed by atoms with Crippen molar-refractivity contribution in [3.63, 3.8) is 0 Å². The Kier molecular flexibility index (Phi) is 5.84. The highest BCUT2D eigenvalue weighted by Gasteiger charge is 2.27. The SMILES string of the molecule is CNC(=O)c1ccc(CN(CCCO)C2CCc3ccccc32)cc1. The Morgan fingerprint density at radius 3 is 2.68 bits per heavy atom. The van der Waals surface area contributed by atoms with Crippen molar-refractivity contribution in [2.24, 2.45) is 0 Å². The quantitative estimate of drug-likeness (QED) is 0.816. The van der Waals surface area contributed by atoms with E-state index in [1.807, 2.05) is 24.3 Å². The molecule has 4 heteroatoms. The van der Waals surface area contributed by atoms with Crippen molar-refractivity contribution in [1.82, 2.24) is 10.2 Å². The Hall–Kier alpha value is -2.17. The zero-order valence-corrected chi connectivity index (χ0v) is 14.7. The van der Waals surface area contributed by atoms with Crippen LogP contribution in [0.1, 0.15) is 45.9 Å². The van der Waals surface area contributed by atoms with Gasteiger partial charge in [0.15, 0.2) is 0 Å². The Bertz CT molecular complexity index is 712. The summed E-state index contributed by atoms with van der Waals surface area (Å²) in [5, 5.41) is 11.9. The van der Waals surface area contributed by atoms with Crippen LogP contribution in [0.4, 0.5) is 0 Å².